The van der Waals surface area contributed by atoms with Gasteiger partial charge >= 0.3 is 5.97 Å². The van der Waals surface area contributed by atoms with Gasteiger partial charge in [0.25, 0.3) is 0 Å². The van der Waals surface area contributed by atoms with Crippen LogP contribution in [0, 0.1) is 23.0 Å². The van der Waals surface area contributed by atoms with E-state index in [-0.39, 0.29) is 53.3 Å². The van der Waals surface area contributed by atoms with E-state index in [1.54, 1.807) is 12.1 Å². The van der Waals surface area contributed by atoms with Crippen LogP contribution in [0.2, 0.25) is 0 Å². The number of allylic oxidation sites excluding steroid dienone is 1. The van der Waals surface area contributed by atoms with Gasteiger partial charge in [-0.1, -0.05) is 6.07 Å². The molecule has 2 aliphatic heterocycles. The lowest BCUT2D eigenvalue weighted by Gasteiger charge is -2.39. The molecule has 0 amide bonds. The molecule has 2 unspecified atom stereocenters. The molecule has 1 aromatic carbocycles. The van der Waals surface area contributed by atoms with Gasteiger partial charge in [0.2, 0.25) is 0 Å². The van der Waals surface area contributed by atoms with Crippen LogP contribution in [0.3, 0.4) is 0 Å². The maximum absolute atomic E-state index is 14.4. The zero-order valence-electron chi connectivity index (χ0n) is 19.1. The van der Waals surface area contributed by atoms with Gasteiger partial charge in [0.1, 0.15) is 23.2 Å². The van der Waals surface area contributed by atoms with E-state index in [2.05, 4.69) is 9.88 Å². The maximum Gasteiger partial charge on any atom is 0.337 e. The van der Waals surface area contributed by atoms with E-state index in [0.717, 1.165) is 43.6 Å². The van der Waals surface area contributed by atoms with Gasteiger partial charge < -0.3 is 19.8 Å². The van der Waals surface area contributed by atoms with Crippen molar-refractivity contribution < 1.29 is 28.5 Å². The number of ether oxygens (including phenoxy) is 1. The van der Waals surface area contributed by atoms with E-state index in [0.29, 0.717) is 12.8 Å². The average molecular weight is 484 g/mol. The van der Waals surface area contributed by atoms with E-state index in [1.165, 1.54) is 12.3 Å². The first kappa shape index (κ1) is 23.4. The van der Waals surface area contributed by atoms with Crippen LogP contribution in [0.25, 0.3) is 0 Å². The Hall–Kier alpha value is -3.33. The zero-order chi connectivity index (χ0) is 24.7. The number of nitrogens with zero attached hydrogens (tertiary/aromatic N) is 2. The molecule has 0 spiro atoms. The summed E-state index contributed by atoms with van der Waals surface area (Å²) in [5.41, 5.74) is -0.558. The monoisotopic (exact) mass is 483 g/mol. The van der Waals surface area contributed by atoms with Crippen molar-refractivity contribution in [1.29, 1.82) is 5.41 Å². The number of piperidine rings is 1. The molecule has 3 aliphatic rings. The zero-order valence-corrected chi connectivity index (χ0v) is 19.1. The number of hydrogen-bond acceptors (Lipinski definition) is 6. The van der Waals surface area contributed by atoms with Gasteiger partial charge in [-0.3, -0.25) is 5.41 Å². The molecule has 2 saturated heterocycles. The van der Waals surface area contributed by atoms with Gasteiger partial charge in [-0.05, 0) is 62.8 Å². The molecule has 7 nitrogen and oxygen atoms in total. The molecule has 5 rings (SSSR count). The first-order valence-electron chi connectivity index (χ1n) is 11.9. The normalized spacial score (nSPS) is 24.3. The fourth-order valence-electron chi connectivity index (χ4n) is 5.27. The van der Waals surface area contributed by atoms with Crippen LogP contribution < -0.4 is 4.90 Å². The van der Waals surface area contributed by atoms with Crippen molar-refractivity contribution in [2.24, 2.45) is 5.92 Å². The number of anilines is 1. The van der Waals surface area contributed by atoms with E-state index >= 15 is 0 Å². The number of benzene rings is 1. The highest BCUT2D eigenvalue weighted by Crippen LogP contribution is 2.41. The minimum atomic E-state index is -1.02. The third-order valence-electron chi connectivity index (χ3n) is 7.20. The van der Waals surface area contributed by atoms with E-state index in [1.807, 2.05) is 0 Å². The lowest BCUT2D eigenvalue weighted by atomic mass is 9.97. The molecule has 3 heterocycles. The number of hydrogen-bond donors (Lipinski definition) is 3. The van der Waals surface area contributed by atoms with E-state index in [4.69, 9.17) is 15.3 Å². The third-order valence-corrected chi connectivity index (χ3v) is 7.20. The Morgan fingerprint density at radius 1 is 1.06 bits per heavy atom. The van der Waals surface area contributed by atoms with Gasteiger partial charge in [-0.25, -0.2) is 18.6 Å². The smallest absolute Gasteiger partial charge is 0.337 e. The van der Waals surface area contributed by atoms with E-state index in [9.17, 15) is 18.7 Å². The van der Waals surface area contributed by atoms with Crippen molar-refractivity contribution in [3.05, 3.63) is 70.6 Å². The molecule has 35 heavy (non-hydrogen) atoms. The molecule has 1 aromatic heterocycles. The molecule has 0 radical (unpaired) electrons. The first-order valence-corrected chi connectivity index (χ1v) is 11.9. The Morgan fingerprint density at radius 3 is 2.26 bits per heavy atom. The summed E-state index contributed by atoms with van der Waals surface area (Å²) in [5.74, 6) is -2.07. The number of aliphatic hydroxyl groups excluding tert-OH is 1. The number of fused-ring (bicyclic) bond motifs is 2. The fraction of sp³-hybridized carbons (Fsp3) is 0.423. The SMILES string of the molecule is N=C(/C(COC1CC2CC[C@@H](C1)N2c1ccc(C(=O)O)cn1)=C(\O)C1CC1)c1c(F)cccc1F. The predicted molar refractivity (Wildman–Crippen MR) is 125 cm³/mol. The molecule has 9 heteroatoms. The van der Waals surface area contributed by atoms with Crippen molar-refractivity contribution in [3.8, 4) is 0 Å². The average Bonchev–Trinajstić information content (AvgIpc) is 3.64. The van der Waals surface area contributed by atoms with E-state index < -0.39 is 23.2 Å². The van der Waals surface area contributed by atoms with Crippen LogP contribution >= 0.6 is 0 Å². The largest absolute Gasteiger partial charge is 0.512 e. The molecule has 3 N–H and O–H groups in total. The summed E-state index contributed by atoms with van der Waals surface area (Å²) in [6.45, 7) is -0.0927. The number of carboxylic acid groups (broad SMARTS) is 1. The number of nitrogens with one attached hydrogen (secondary N) is 1. The second-order valence-corrected chi connectivity index (χ2v) is 9.52. The summed E-state index contributed by atoms with van der Waals surface area (Å²) < 4.78 is 34.9. The first-order chi connectivity index (χ1) is 16.8. The molecule has 2 aromatic rings. The predicted octanol–water partition coefficient (Wildman–Crippen LogP) is 4.86. The molecule has 184 valence electrons. The van der Waals surface area contributed by atoms with Gasteiger partial charge in [0.15, 0.2) is 0 Å². The Bertz CT molecular complexity index is 1150. The third kappa shape index (κ3) is 4.65. The van der Waals surface area contributed by atoms with Gasteiger partial charge in [0.05, 0.1) is 29.5 Å². The van der Waals surface area contributed by atoms with Gasteiger partial charge in [-0.2, -0.15) is 0 Å². The quantitative estimate of drug-likeness (QED) is 0.366. The van der Waals surface area contributed by atoms with Crippen LogP contribution in [0.15, 0.2) is 47.9 Å². The number of aromatic carboxylic acids is 1. The summed E-state index contributed by atoms with van der Waals surface area (Å²) in [5, 5.41) is 28.3. The highest BCUT2D eigenvalue weighted by atomic mass is 19.1. The number of rotatable bonds is 8. The molecule has 3 fully saturated rings. The highest BCUT2D eigenvalue weighted by Gasteiger charge is 2.42. The lowest BCUT2D eigenvalue weighted by molar-refractivity contribution is 0.0408. The minimum Gasteiger partial charge on any atom is -0.512 e. The Morgan fingerprint density at radius 2 is 1.71 bits per heavy atom. The highest BCUT2D eigenvalue weighted by molar-refractivity contribution is 6.11. The molecule has 1 saturated carbocycles. The maximum atomic E-state index is 14.4. The molecule has 2 bridgehead atoms. The Balaban J connectivity index is 1.29. The summed E-state index contributed by atoms with van der Waals surface area (Å²) in [6, 6.07) is 7.08. The summed E-state index contributed by atoms with van der Waals surface area (Å²) in [6.07, 6.45) is 6.11. The molecular formula is C26H27F2N3O4. The van der Waals surface area contributed by atoms with Gasteiger partial charge in [-0.15, -0.1) is 0 Å². The van der Waals surface area contributed by atoms with Crippen LogP contribution in [0.1, 0.15) is 54.4 Å². The van der Waals surface area contributed by atoms with Crippen LogP contribution in [0.4, 0.5) is 14.6 Å². The number of aliphatic hydroxyl groups is 1. The number of pyridine rings is 1. The molecule has 1 aliphatic carbocycles. The van der Waals surface area contributed by atoms with Crippen molar-refractivity contribution in [3.63, 3.8) is 0 Å². The summed E-state index contributed by atoms with van der Waals surface area (Å²) in [4.78, 5) is 17.7. The molecule has 3 atom stereocenters. The number of halogens is 2. The Kier molecular flexibility index (Phi) is 6.27. The fourth-order valence-corrected chi connectivity index (χ4v) is 5.27. The van der Waals surface area contributed by atoms with Crippen LogP contribution in [0.5, 0.6) is 0 Å². The number of aromatic nitrogens is 1. The van der Waals surface area contributed by atoms with Crippen LogP contribution in [-0.4, -0.2) is 51.7 Å². The van der Waals surface area contributed by atoms with Crippen molar-refractivity contribution in [2.75, 3.05) is 11.5 Å². The van der Waals surface area contributed by atoms with Crippen LogP contribution in [-0.2, 0) is 4.74 Å². The number of carbonyl (C=O) groups is 1. The number of carboxylic acids is 1. The molecular weight excluding hydrogens is 456 g/mol. The van der Waals surface area contributed by atoms with Crippen molar-refractivity contribution in [2.45, 2.75) is 56.7 Å². The van der Waals surface area contributed by atoms with Crippen molar-refractivity contribution in [1.82, 2.24) is 4.98 Å². The topological polar surface area (TPSA) is 107 Å². The minimum absolute atomic E-state index is 0.0132. The van der Waals surface area contributed by atoms with Gasteiger partial charge in [0, 0.05) is 29.8 Å². The second-order valence-electron chi connectivity index (χ2n) is 9.52. The lowest BCUT2D eigenvalue weighted by Crippen LogP contribution is -2.46. The van der Waals surface area contributed by atoms with Crippen molar-refractivity contribution >= 4 is 17.5 Å². The standard InChI is InChI=1S/C26H27F2N3O4/c27-20-2-1-3-21(28)23(20)24(29)19(25(32)14-4-5-14)13-35-18-10-16-7-8-17(11-18)31(16)22-9-6-15(12-30-22)26(33)34/h1-3,6,9,12,14,16-18,29,32H,4-5,7-8,10-11,13H2,(H,33,34)/b25-19-,29-24?/t16-,17?,18?/m0/s1. The second kappa shape index (κ2) is 9.37. The Labute approximate surface area is 201 Å². The summed E-state index contributed by atoms with van der Waals surface area (Å²) >= 11 is 0. The summed E-state index contributed by atoms with van der Waals surface area (Å²) in [7, 11) is 0.